The van der Waals surface area contributed by atoms with E-state index in [1.807, 2.05) is 252 Å². The van der Waals surface area contributed by atoms with Gasteiger partial charge in [0.1, 0.15) is 17.2 Å². The maximum absolute atomic E-state index is 14.0. The van der Waals surface area contributed by atoms with Crippen LogP contribution in [0.25, 0.3) is 33.0 Å². The zero-order chi connectivity index (χ0) is 113. The molecule has 0 spiro atoms. The van der Waals surface area contributed by atoms with E-state index in [0.29, 0.717) is 58.4 Å². The van der Waals surface area contributed by atoms with Crippen molar-refractivity contribution in [2.45, 2.75) is 379 Å². The van der Waals surface area contributed by atoms with Crippen molar-refractivity contribution in [1.82, 2.24) is 80.0 Å². The minimum atomic E-state index is -0.488. The van der Waals surface area contributed by atoms with Gasteiger partial charge < -0.3 is 41.9 Å². The molecule has 7 aromatic carbocycles. The van der Waals surface area contributed by atoms with Crippen LogP contribution >= 0.6 is 0 Å². The molecular formula is C126H196N16O7. The van der Waals surface area contributed by atoms with Crippen LogP contribution in [0, 0.1) is 32.5 Å². The largest absolute Gasteiger partial charge is 0.380 e. The Bertz CT molecular complexity index is 5780. The molecule has 0 fully saturated rings. The van der Waals surface area contributed by atoms with Crippen LogP contribution in [-0.2, 0) is 38.4 Å². The van der Waals surface area contributed by atoms with Crippen molar-refractivity contribution in [3.63, 3.8) is 0 Å². The van der Waals surface area contributed by atoms with Gasteiger partial charge in [0.25, 0.3) is 11.8 Å². The number of carbonyl (C=O) groups excluding carboxylic acids is 7. The van der Waals surface area contributed by atoms with Gasteiger partial charge in [-0.05, 0) is 288 Å². The van der Waals surface area contributed by atoms with Crippen LogP contribution in [0.1, 0.15) is 387 Å². The second-order valence-electron chi connectivity index (χ2n) is 55.1. The van der Waals surface area contributed by atoms with Gasteiger partial charge in [-0.25, -0.2) is 26.5 Å². The van der Waals surface area contributed by atoms with E-state index in [-0.39, 0.29) is 115 Å². The molecule has 2 atom stereocenters. The summed E-state index contributed by atoms with van der Waals surface area (Å²) in [4.78, 5) is 97.9. The fourth-order valence-corrected chi connectivity index (χ4v) is 16.4. The third-order valence-corrected chi connectivity index (χ3v) is 22.9. The molecule has 23 nitrogen and oxygen atoms in total. The highest BCUT2D eigenvalue weighted by Gasteiger charge is 2.40. The van der Waals surface area contributed by atoms with E-state index >= 15 is 0 Å². The maximum Gasteiger partial charge on any atom is 0.329 e. The minimum absolute atomic E-state index is 0.0439. The summed E-state index contributed by atoms with van der Waals surface area (Å²) >= 11 is 0. The number of hydrazine groups is 4. The zero-order valence-electron chi connectivity index (χ0n) is 99.6. The molecule has 0 bridgehead atoms. The lowest BCUT2D eigenvalue weighted by atomic mass is 9.76. The zero-order valence-corrected chi connectivity index (χ0v) is 99.6. The molecule has 2 aliphatic carbocycles. The van der Waals surface area contributed by atoms with Crippen molar-refractivity contribution in [3.8, 4) is 0 Å². The highest BCUT2D eigenvalue weighted by Crippen LogP contribution is 2.51. The minimum Gasteiger partial charge on any atom is -0.380 e. The number of urea groups is 1. The van der Waals surface area contributed by atoms with Crippen molar-refractivity contribution in [1.29, 1.82) is 0 Å². The smallest absolute Gasteiger partial charge is 0.329 e. The van der Waals surface area contributed by atoms with Gasteiger partial charge in [-0.15, -0.1) is 0 Å². The first-order valence-electron chi connectivity index (χ1n) is 53.5. The average Bonchev–Trinajstić information content (AvgIpc) is 1.58. The van der Waals surface area contributed by atoms with E-state index in [1.54, 1.807) is 0 Å². The number of allylic oxidation sites excluding steroid dienone is 2. The third kappa shape index (κ3) is 48.6. The lowest BCUT2D eigenvalue weighted by Crippen LogP contribution is -2.54. The molecule has 2 heterocycles. The molecule has 149 heavy (non-hydrogen) atoms. The van der Waals surface area contributed by atoms with Crippen LogP contribution in [0.4, 0.5) is 10.5 Å². The molecule has 5 amide bonds. The predicted octanol–water partition coefficient (Wildman–Crippen LogP) is 25.6. The molecule has 2 aromatic heterocycles. The number of nitrogens with one attached hydrogen (secondary N) is 16. The van der Waals surface area contributed by atoms with E-state index in [1.165, 1.54) is 24.1 Å². The van der Waals surface area contributed by atoms with Gasteiger partial charge in [-0.3, -0.25) is 50.5 Å². The lowest BCUT2D eigenvalue weighted by molar-refractivity contribution is -0.134. The second-order valence-corrected chi connectivity index (χ2v) is 55.1. The van der Waals surface area contributed by atoms with Crippen molar-refractivity contribution in [2.24, 2.45) is 32.5 Å². The summed E-state index contributed by atoms with van der Waals surface area (Å²) in [6.45, 7) is 91.2. The number of H-pyrrole nitrogens is 2. The molecule has 2 aliphatic rings. The number of fused-ring (bicyclic) bond motifs is 4. The van der Waals surface area contributed by atoms with E-state index in [9.17, 15) is 33.6 Å². The van der Waals surface area contributed by atoms with Gasteiger partial charge in [-0.1, -0.05) is 282 Å². The van der Waals surface area contributed by atoms with Crippen LogP contribution in [-0.4, -0.2) is 135 Å². The monoisotopic (exact) mass is 2050 g/mol. The standard InChI is InChI=1S/C36H42N6O3.C36H41N3O2.C15H25N.C11H25N.C10H24N4O.C9H21N.C9H18O/c1-35(2,3)41-39-33(44)32-31(25-18-12-13-19-27(25)38-32)29(22-14-8-7-9-15-22)30-24-17-11-10-16-23(24)20-26(30)28(43)21-37-34(45)40-42-36(4,5)6;1-35(2,3)22-37-34(41)33-32(26-18-12-13-19-28(26)39-33)30(23-14-8-7-9-15-23)31-25-17-11-10-16-24(25)20-27(31)29(40)21-38-36(4,5)6;1-14(2,3)11-12-7-9-13(10-8-12)16-15(4,5)6;1-10(2,3)8-7-9-12-11(4,5)6;1-9(2,3)13-11-7-8(15)12-14-10(4,5)6;1-8(2,3)7-10-9(4,5)6;1-8(2,3)7(10)9(4,5)6/h7-19,29,38,41-42H,20-21H2,1-6H3,(H,39,44)(H2,37,40,45);7-19,30,38-39H,20-22H2,1-6H3,(H,37,41);7-10,16H,11H2,1-6H3;12H,7-9H2,1-6H3;11,13-14H,7H2,1-6H3,(H,12,15);10H,7H2,1-6H3;1-6H3. The molecule has 9 aromatic rings. The second kappa shape index (κ2) is 54.0. The molecule has 16 N–H and O–H groups in total. The van der Waals surface area contributed by atoms with E-state index in [0.717, 1.165) is 103 Å². The van der Waals surface area contributed by atoms with Crippen LogP contribution in [0.5, 0.6) is 0 Å². The number of amides is 5. The Morgan fingerprint density at radius 3 is 1.09 bits per heavy atom. The molecule has 11 rings (SSSR count). The Hall–Kier alpha value is -10.7. The summed E-state index contributed by atoms with van der Waals surface area (Å²) in [5.41, 5.74) is 39.7. The van der Waals surface area contributed by atoms with Crippen molar-refractivity contribution in [2.75, 3.05) is 44.6 Å². The van der Waals surface area contributed by atoms with E-state index in [4.69, 9.17) is 0 Å². The number of anilines is 1. The number of hydrogen-bond donors (Lipinski definition) is 16. The number of ketones is 3. The molecule has 822 valence electrons. The van der Waals surface area contributed by atoms with Gasteiger partial charge >= 0.3 is 6.03 Å². The van der Waals surface area contributed by atoms with Crippen LogP contribution in [0.15, 0.2) is 193 Å². The Balaban J connectivity index is 0.000000337. The Labute approximate surface area is 898 Å². The van der Waals surface area contributed by atoms with Crippen molar-refractivity contribution >= 4 is 79.7 Å². The topological polar surface area (TPSA) is 319 Å². The molecular weight excluding hydrogens is 1850 g/mol. The Kier molecular flexibility index (Phi) is 46.6. The first kappa shape index (κ1) is 129. The van der Waals surface area contributed by atoms with E-state index < -0.39 is 11.9 Å². The summed E-state index contributed by atoms with van der Waals surface area (Å²) in [6.07, 6.45) is 4.71. The Morgan fingerprint density at radius 1 is 0.329 bits per heavy atom. The molecule has 0 saturated carbocycles. The molecule has 0 aliphatic heterocycles. The Morgan fingerprint density at radius 2 is 0.711 bits per heavy atom. The van der Waals surface area contributed by atoms with Gasteiger partial charge in [0.2, 0.25) is 5.91 Å². The van der Waals surface area contributed by atoms with E-state index in [2.05, 4.69) is 306 Å². The summed E-state index contributed by atoms with van der Waals surface area (Å²) in [6, 6.07) is 60.7. The lowest BCUT2D eigenvalue weighted by Gasteiger charge is -2.27. The predicted molar refractivity (Wildman–Crippen MR) is 629 cm³/mol. The number of aromatic amines is 2. The summed E-state index contributed by atoms with van der Waals surface area (Å²) in [7, 11) is 0. The number of Topliss-reactive ketones (excluding diaryl/α,β-unsaturated/α-hetero) is 3. The first-order valence-corrected chi connectivity index (χ1v) is 53.5. The number of hydrogen-bond acceptors (Lipinski definition) is 16. The molecule has 23 heteroatoms. The van der Waals surface area contributed by atoms with Crippen molar-refractivity contribution in [3.05, 3.63) is 255 Å². The molecule has 2 unspecified atom stereocenters. The quantitative estimate of drug-likeness (QED) is 0.0168. The number of benzene rings is 7. The van der Waals surface area contributed by atoms with Crippen LogP contribution in [0.3, 0.4) is 0 Å². The highest BCUT2D eigenvalue weighted by atomic mass is 16.2. The molecule has 0 saturated heterocycles. The fourth-order valence-electron chi connectivity index (χ4n) is 16.4. The van der Waals surface area contributed by atoms with Gasteiger partial charge in [-0.2, -0.15) is 0 Å². The highest BCUT2D eigenvalue weighted by molar-refractivity contribution is 6.12. The average molecular weight is 2050 g/mol. The molecule has 0 radical (unpaired) electrons. The number of aromatic nitrogens is 2. The maximum atomic E-state index is 14.0. The van der Waals surface area contributed by atoms with Gasteiger partial charge in [0, 0.05) is 143 Å². The SMILES string of the molecule is CC(C)(C)C(=O)C(C)(C)C.CC(C)(C)CCCNC(C)(C)C.CC(C)(C)CNC(=O)c1[nH]c2ccccc2c1C(C1=C(C(=O)CNC(C)(C)C)Cc2ccccc21)c1ccccc1.CC(C)(C)CNC(C)(C)C.CC(C)(C)Cc1ccc(NC(C)(C)C)cc1.CC(C)(C)NNC(=O)NCC(=O)C1=C(C(c2ccccc2)c2c(C(=O)NNC(C)(C)C)[nH]c3ccccc23)c2ccccc2C1.CC(C)(C)NNCC(=O)NNC(C)(C)C. The number of rotatable bonds is 27. The van der Waals surface area contributed by atoms with Crippen LogP contribution in [0.2, 0.25) is 0 Å². The first-order chi connectivity index (χ1) is 68.1. The number of carbonyl (C=O) groups is 7. The van der Waals surface area contributed by atoms with Gasteiger partial charge in [0.05, 0.1) is 19.6 Å². The van der Waals surface area contributed by atoms with Crippen molar-refractivity contribution < 1.29 is 33.6 Å². The summed E-state index contributed by atoms with van der Waals surface area (Å²) in [5.74, 6) is -1.10. The fraction of sp³-hybridized carbons (Fsp3) is 0.548. The summed E-state index contributed by atoms with van der Waals surface area (Å²) in [5, 5.41) is 21.6. The third-order valence-electron chi connectivity index (χ3n) is 22.9. The van der Waals surface area contributed by atoms with Crippen LogP contribution < -0.4 is 75.3 Å². The van der Waals surface area contributed by atoms with Gasteiger partial charge in [0.15, 0.2) is 11.6 Å². The summed E-state index contributed by atoms with van der Waals surface area (Å²) < 4.78 is 0. The number of para-hydroxylation sites is 2. The normalized spacial score (nSPS) is 13.7.